The molecule has 0 aromatic heterocycles. The number of nitrogens with zero attached hydrogens (tertiary/aromatic N) is 1. The normalized spacial score (nSPS) is 13.3. The second-order valence-corrected chi connectivity index (χ2v) is 7.25. The van der Waals surface area contributed by atoms with Gasteiger partial charge < -0.3 is 10.2 Å². The monoisotopic (exact) mass is 294 g/mol. The Balaban J connectivity index is 3.13. The Morgan fingerprint density at radius 1 is 1.29 bits per heavy atom. The minimum atomic E-state index is -0.122. The standard InChI is InChI=1S/C18H31FN2/c1-8-9-20-14(3)15-11-16(19)13(2)10-17(15)21(7)12-18(4,5)6/h10-11,14,20H,8-9,12H2,1-7H3. The van der Waals surface area contributed by atoms with Gasteiger partial charge in [-0.2, -0.15) is 0 Å². The molecule has 0 saturated carbocycles. The van der Waals surface area contributed by atoms with Crippen molar-refractivity contribution in [1.82, 2.24) is 5.32 Å². The summed E-state index contributed by atoms with van der Waals surface area (Å²) >= 11 is 0. The van der Waals surface area contributed by atoms with Gasteiger partial charge in [0, 0.05) is 25.3 Å². The molecule has 2 nitrogen and oxygen atoms in total. The number of hydrogen-bond acceptors (Lipinski definition) is 2. The number of halogens is 1. The van der Waals surface area contributed by atoms with E-state index in [1.165, 1.54) is 0 Å². The Hall–Kier alpha value is -1.09. The molecule has 0 bridgehead atoms. The van der Waals surface area contributed by atoms with Crippen LogP contribution >= 0.6 is 0 Å². The third-order valence-electron chi connectivity index (χ3n) is 3.60. The summed E-state index contributed by atoms with van der Waals surface area (Å²) in [6.07, 6.45) is 1.08. The first-order valence-corrected chi connectivity index (χ1v) is 7.90. The van der Waals surface area contributed by atoms with E-state index < -0.39 is 0 Å². The fourth-order valence-electron chi connectivity index (χ4n) is 2.63. The van der Waals surface area contributed by atoms with Gasteiger partial charge in [0.15, 0.2) is 0 Å². The van der Waals surface area contributed by atoms with Gasteiger partial charge in [0.05, 0.1) is 0 Å². The van der Waals surface area contributed by atoms with Crippen LogP contribution in [0.25, 0.3) is 0 Å². The van der Waals surface area contributed by atoms with Crippen LogP contribution in [0.5, 0.6) is 0 Å². The molecule has 1 rings (SSSR count). The summed E-state index contributed by atoms with van der Waals surface area (Å²) in [5, 5.41) is 3.46. The molecule has 0 spiro atoms. The first-order valence-electron chi connectivity index (χ1n) is 7.90. The third kappa shape index (κ3) is 5.31. The van der Waals surface area contributed by atoms with Gasteiger partial charge in [-0.1, -0.05) is 27.7 Å². The molecular weight excluding hydrogens is 263 g/mol. The highest BCUT2D eigenvalue weighted by Gasteiger charge is 2.19. The number of anilines is 1. The molecule has 0 aliphatic carbocycles. The summed E-state index contributed by atoms with van der Waals surface area (Å²) in [5.74, 6) is -0.122. The molecule has 0 heterocycles. The lowest BCUT2D eigenvalue weighted by molar-refractivity contribution is 0.418. The van der Waals surface area contributed by atoms with Gasteiger partial charge in [-0.15, -0.1) is 0 Å². The van der Waals surface area contributed by atoms with Crippen LogP contribution in [0.4, 0.5) is 10.1 Å². The lowest BCUT2D eigenvalue weighted by Crippen LogP contribution is -2.31. The van der Waals surface area contributed by atoms with Crippen molar-refractivity contribution >= 4 is 5.69 Å². The highest BCUT2D eigenvalue weighted by Crippen LogP contribution is 2.30. The zero-order chi connectivity index (χ0) is 16.2. The number of hydrogen-bond donors (Lipinski definition) is 1. The van der Waals surface area contributed by atoms with Gasteiger partial charge in [-0.25, -0.2) is 4.39 Å². The van der Waals surface area contributed by atoms with Crippen LogP contribution in [-0.2, 0) is 0 Å². The topological polar surface area (TPSA) is 15.3 Å². The van der Waals surface area contributed by atoms with E-state index in [9.17, 15) is 4.39 Å². The molecule has 0 aliphatic heterocycles. The second kappa shape index (κ2) is 7.26. The molecule has 0 amide bonds. The average Bonchev–Trinajstić information content (AvgIpc) is 2.36. The maximum atomic E-state index is 14.0. The van der Waals surface area contributed by atoms with E-state index in [0.717, 1.165) is 30.8 Å². The third-order valence-corrected chi connectivity index (χ3v) is 3.60. The maximum Gasteiger partial charge on any atom is 0.126 e. The van der Waals surface area contributed by atoms with Gasteiger partial charge >= 0.3 is 0 Å². The van der Waals surface area contributed by atoms with Crippen molar-refractivity contribution in [2.75, 3.05) is 25.0 Å². The lowest BCUT2D eigenvalue weighted by atomic mass is 9.94. The largest absolute Gasteiger partial charge is 0.374 e. The minimum Gasteiger partial charge on any atom is -0.374 e. The Kier molecular flexibility index (Phi) is 6.21. The number of benzene rings is 1. The Morgan fingerprint density at radius 2 is 1.90 bits per heavy atom. The highest BCUT2D eigenvalue weighted by atomic mass is 19.1. The molecule has 1 N–H and O–H groups in total. The zero-order valence-electron chi connectivity index (χ0n) is 14.7. The van der Waals surface area contributed by atoms with Crippen LogP contribution in [-0.4, -0.2) is 20.1 Å². The molecule has 1 atom stereocenters. The van der Waals surface area contributed by atoms with Crippen LogP contribution in [0, 0.1) is 18.2 Å². The molecule has 0 saturated heterocycles. The summed E-state index contributed by atoms with van der Waals surface area (Å²) in [7, 11) is 2.09. The minimum absolute atomic E-state index is 0.122. The van der Waals surface area contributed by atoms with Crippen molar-refractivity contribution in [3.05, 3.63) is 29.1 Å². The van der Waals surface area contributed by atoms with Crippen molar-refractivity contribution in [1.29, 1.82) is 0 Å². The summed E-state index contributed by atoms with van der Waals surface area (Å²) in [6, 6.07) is 3.81. The van der Waals surface area contributed by atoms with Gasteiger partial charge in [-0.3, -0.25) is 0 Å². The van der Waals surface area contributed by atoms with Crippen LogP contribution in [0.15, 0.2) is 12.1 Å². The van der Waals surface area contributed by atoms with Gasteiger partial charge in [0.2, 0.25) is 0 Å². The van der Waals surface area contributed by atoms with Gasteiger partial charge in [-0.05, 0) is 55.5 Å². The van der Waals surface area contributed by atoms with Crippen molar-refractivity contribution in [2.45, 2.75) is 54.0 Å². The fraction of sp³-hybridized carbons (Fsp3) is 0.667. The van der Waals surface area contributed by atoms with Crippen LogP contribution in [0.1, 0.15) is 58.2 Å². The molecule has 1 aromatic carbocycles. The molecule has 0 fully saturated rings. The van der Waals surface area contributed by atoms with Crippen molar-refractivity contribution in [2.24, 2.45) is 5.41 Å². The Morgan fingerprint density at radius 3 is 2.43 bits per heavy atom. The van der Waals surface area contributed by atoms with Crippen molar-refractivity contribution < 1.29 is 4.39 Å². The van der Waals surface area contributed by atoms with E-state index in [2.05, 4.69) is 51.9 Å². The van der Waals surface area contributed by atoms with Crippen molar-refractivity contribution in [3.63, 3.8) is 0 Å². The van der Waals surface area contributed by atoms with Gasteiger partial charge in [0.1, 0.15) is 5.82 Å². The SMILES string of the molecule is CCCNC(C)c1cc(F)c(C)cc1N(C)CC(C)(C)C. The summed E-state index contributed by atoms with van der Waals surface area (Å²) < 4.78 is 14.0. The van der Waals surface area contributed by atoms with E-state index in [4.69, 9.17) is 0 Å². The number of aryl methyl sites for hydroxylation is 1. The van der Waals surface area contributed by atoms with E-state index in [1.54, 1.807) is 6.07 Å². The van der Waals surface area contributed by atoms with E-state index in [0.29, 0.717) is 5.56 Å². The van der Waals surface area contributed by atoms with E-state index in [1.807, 2.05) is 13.0 Å². The van der Waals surface area contributed by atoms with E-state index >= 15 is 0 Å². The molecule has 0 radical (unpaired) electrons. The second-order valence-electron chi connectivity index (χ2n) is 7.25. The first kappa shape index (κ1) is 18.0. The summed E-state index contributed by atoms with van der Waals surface area (Å²) in [4.78, 5) is 2.24. The molecule has 21 heavy (non-hydrogen) atoms. The number of rotatable bonds is 6. The van der Waals surface area contributed by atoms with Crippen molar-refractivity contribution in [3.8, 4) is 0 Å². The van der Waals surface area contributed by atoms with Gasteiger partial charge in [0.25, 0.3) is 0 Å². The summed E-state index contributed by atoms with van der Waals surface area (Å²) in [6.45, 7) is 14.6. The fourth-order valence-corrected chi connectivity index (χ4v) is 2.63. The Bertz CT molecular complexity index is 463. The van der Waals surface area contributed by atoms with Crippen LogP contribution < -0.4 is 10.2 Å². The highest BCUT2D eigenvalue weighted by molar-refractivity contribution is 5.56. The maximum absolute atomic E-state index is 14.0. The smallest absolute Gasteiger partial charge is 0.126 e. The average molecular weight is 294 g/mol. The van der Waals surface area contributed by atoms with Crippen LogP contribution in [0.2, 0.25) is 0 Å². The predicted molar refractivity (Wildman–Crippen MR) is 90.6 cm³/mol. The van der Waals surface area contributed by atoms with Crippen LogP contribution in [0.3, 0.4) is 0 Å². The first-order chi connectivity index (χ1) is 9.65. The molecule has 3 heteroatoms. The molecule has 120 valence electrons. The lowest BCUT2D eigenvalue weighted by Gasteiger charge is -2.31. The number of nitrogens with one attached hydrogen (secondary N) is 1. The summed E-state index contributed by atoms with van der Waals surface area (Å²) in [5.41, 5.74) is 3.07. The Labute approximate surface area is 129 Å². The zero-order valence-corrected chi connectivity index (χ0v) is 14.7. The molecular formula is C18H31FN2. The molecule has 1 unspecified atom stereocenters. The predicted octanol–water partition coefficient (Wildman–Crippen LogP) is 4.68. The molecule has 0 aliphatic rings. The quantitative estimate of drug-likeness (QED) is 0.819. The molecule has 1 aromatic rings. The van der Waals surface area contributed by atoms with E-state index in [-0.39, 0.29) is 17.3 Å².